The van der Waals surface area contributed by atoms with Gasteiger partial charge in [-0.1, -0.05) is 24.6 Å². The first-order valence-corrected chi connectivity index (χ1v) is 14.3. The van der Waals surface area contributed by atoms with Crippen molar-refractivity contribution < 1.29 is 4.79 Å². The normalized spacial score (nSPS) is 14.4. The van der Waals surface area contributed by atoms with E-state index in [1.54, 1.807) is 30.9 Å². The maximum absolute atomic E-state index is 13.3. The summed E-state index contributed by atoms with van der Waals surface area (Å²) >= 11 is 0. The van der Waals surface area contributed by atoms with Crippen LogP contribution in [0.25, 0.3) is 0 Å². The van der Waals surface area contributed by atoms with Crippen LogP contribution in [0.5, 0.6) is 0 Å². The average molecular weight is 551 g/mol. The second kappa shape index (κ2) is 13.9. The number of carbonyl (C=O) groups is 1. The zero-order chi connectivity index (χ0) is 28.4. The number of nitrogens with zero attached hydrogens (tertiary/aromatic N) is 5. The Hall–Kier alpha value is -4.18. The summed E-state index contributed by atoms with van der Waals surface area (Å²) in [6.07, 6.45) is 10.1. The molecule has 1 fully saturated rings. The van der Waals surface area contributed by atoms with Crippen molar-refractivity contribution in [2.75, 3.05) is 42.9 Å². The van der Waals surface area contributed by atoms with E-state index in [4.69, 9.17) is 5.73 Å². The largest absolute Gasteiger partial charge is 0.330 e. The second-order valence-electron chi connectivity index (χ2n) is 10.3. The molecule has 9 nitrogen and oxygen atoms in total. The number of unbranched alkanes of at least 4 members (excludes halogenated alkanes) is 1. The van der Waals surface area contributed by atoms with E-state index in [9.17, 15) is 4.79 Å². The highest BCUT2D eigenvalue weighted by Gasteiger charge is 2.22. The first-order valence-electron chi connectivity index (χ1n) is 14.3. The summed E-state index contributed by atoms with van der Waals surface area (Å²) in [5.74, 6) is 0.366. The van der Waals surface area contributed by atoms with E-state index in [0.717, 1.165) is 62.4 Å². The summed E-state index contributed by atoms with van der Waals surface area (Å²) in [6, 6.07) is 19.8. The molecule has 212 valence electrons. The SMILES string of the molecule is Cc1ccc(NC(=O)c2ccc(C(CCCCN)N3CCNCC3)cc2)cc1N(c1cccnc1)c1ncccn1. The fraction of sp³-hybridized carbons (Fsp3) is 0.312. The maximum Gasteiger partial charge on any atom is 0.255 e. The van der Waals surface area contributed by atoms with Gasteiger partial charge in [0.05, 0.1) is 17.6 Å². The zero-order valence-electron chi connectivity index (χ0n) is 23.5. The Bertz CT molecular complexity index is 1350. The van der Waals surface area contributed by atoms with Crippen molar-refractivity contribution in [1.29, 1.82) is 0 Å². The van der Waals surface area contributed by atoms with Crippen LogP contribution < -0.4 is 21.3 Å². The molecule has 2 aromatic heterocycles. The van der Waals surface area contributed by atoms with Gasteiger partial charge < -0.3 is 16.4 Å². The average Bonchev–Trinajstić information content (AvgIpc) is 3.03. The molecular formula is C32H38N8O. The number of rotatable bonds is 11. The van der Waals surface area contributed by atoms with E-state index in [0.29, 0.717) is 29.8 Å². The van der Waals surface area contributed by atoms with Gasteiger partial charge in [0, 0.05) is 62.1 Å². The monoisotopic (exact) mass is 550 g/mol. The van der Waals surface area contributed by atoms with Crippen molar-refractivity contribution in [1.82, 2.24) is 25.2 Å². The molecule has 1 atom stereocenters. The summed E-state index contributed by atoms with van der Waals surface area (Å²) in [5, 5.41) is 6.52. The fourth-order valence-electron chi connectivity index (χ4n) is 5.28. The third-order valence-electron chi connectivity index (χ3n) is 7.45. The van der Waals surface area contributed by atoms with Gasteiger partial charge in [0.15, 0.2) is 0 Å². The number of aryl methyl sites for hydroxylation is 1. The van der Waals surface area contributed by atoms with E-state index in [1.165, 1.54) is 5.56 Å². The van der Waals surface area contributed by atoms with Crippen LogP contribution in [0.2, 0.25) is 0 Å². The predicted octanol–water partition coefficient (Wildman–Crippen LogP) is 4.98. The third-order valence-corrected chi connectivity index (χ3v) is 7.45. The van der Waals surface area contributed by atoms with Crippen LogP contribution in [-0.2, 0) is 0 Å². The Balaban J connectivity index is 1.35. The Morgan fingerprint density at radius 2 is 1.80 bits per heavy atom. The Labute approximate surface area is 241 Å². The molecule has 0 saturated carbocycles. The summed E-state index contributed by atoms with van der Waals surface area (Å²) < 4.78 is 0. The molecule has 3 heterocycles. The first kappa shape index (κ1) is 28.4. The Morgan fingerprint density at radius 1 is 1.02 bits per heavy atom. The van der Waals surface area contributed by atoms with Crippen molar-refractivity contribution in [3.05, 3.63) is 102 Å². The topological polar surface area (TPSA) is 112 Å². The molecule has 5 rings (SSSR count). The van der Waals surface area contributed by atoms with Crippen molar-refractivity contribution in [2.24, 2.45) is 5.73 Å². The number of hydrogen-bond acceptors (Lipinski definition) is 8. The predicted molar refractivity (Wildman–Crippen MR) is 164 cm³/mol. The number of benzene rings is 2. The van der Waals surface area contributed by atoms with Crippen LogP contribution in [-0.4, -0.2) is 58.5 Å². The highest BCUT2D eigenvalue weighted by Crippen LogP contribution is 2.35. The molecule has 9 heteroatoms. The number of nitrogens with one attached hydrogen (secondary N) is 2. The molecule has 2 aromatic carbocycles. The van der Waals surface area contributed by atoms with E-state index >= 15 is 0 Å². The highest BCUT2D eigenvalue weighted by molar-refractivity contribution is 6.04. The van der Waals surface area contributed by atoms with Crippen LogP contribution >= 0.6 is 0 Å². The zero-order valence-corrected chi connectivity index (χ0v) is 23.5. The minimum Gasteiger partial charge on any atom is -0.330 e. The van der Waals surface area contributed by atoms with Crippen LogP contribution in [0.3, 0.4) is 0 Å². The number of pyridine rings is 1. The summed E-state index contributed by atoms with van der Waals surface area (Å²) in [5.41, 5.74) is 11.0. The molecule has 1 unspecified atom stereocenters. The molecule has 0 aliphatic carbocycles. The quantitative estimate of drug-likeness (QED) is 0.224. The van der Waals surface area contributed by atoms with E-state index in [1.807, 2.05) is 54.3 Å². The number of anilines is 4. The second-order valence-corrected chi connectivity index (χ2v) is 10.3. The van der Waals surface area contributed by atoms with E-state index in [2.05, 4.69) is 42.6 Å². The van der Waals surface area contributed by atoms with Crippen LogP contribution in [0.1, 0.15) is 46.8 Å². The standard InChI is InChI=1S/C32H38N8O/c1-24-8-13-27(22-30(24)40(28-6-4-15-35-23-28)32-36-16-5-17-37-32)38-31(41)26-11-9-25(10-12-26)29(7-2-3-14-33)39-20-18-34-19-21-39/h4-6,8-13,15-17,22-23,29,34H,2-3,7,14,18-21,33H2,1H3,(H,38,41). The lowest BCUT2D eigenvalue weighted by atomic mass is 9.97. The molecule has 0 spiro atoms. The lowest BCUT2D eigenvalue weighted by molar-refractivity contribution is 0.102. The van der Waals surface area contributed by atoms with Crippen LogP contribution in [0.4, 0.5) is 23.0 Å². The summed E-state index contributed by atoms with van der Waals surface area (Å²) in [4.78, 5) is 31.0. The van der Waals surface area contributed by atoms with Gasteiger partial charge in [-0.25, -0.2) is 9.97 Å². The number of carbonyl (C=O) groups excluding carboxylic acids is 1. The minimum absolute atomic E-state index is 0.155. The molecule has 0 radical (unpaired) electrons. The smallest absolute Gasteiger partial charge is 0.255 e. The van der Waals surface area contributed by atoms with Gasteiger partial charge in [0.25, 0.3) is 5.91 Å². The molecular weight excluding hydrogens is 512 g/mol. The number of nitrogens with two attached hydrogens (primary N) is 1. The lowest BCUT2D eigenvalue weighted by Gasteiger charge is -2.35. The maximum atomic E-state index is 13.3. The van der Waals surface area contributed by atoms with Gasteiger partial charge in [-0.3, -0.25) is 19.6 Å². The van der Waals surface area contributed by atoms with Crippen molar-refractivity contribution in [2.45, 2.75) is 32.2 Å². The van der Waals surface area contributed by atoms with Gasteiger partial charge in [-0.15, -0.1) is 0 Å². The molecule has 4 N–H and O–H groups in total. The first-order chi connectivity index (χ1) is 20.1. The van der Waals surface area contributed by atoms with Gasteiger partial charge in [-0.05, 0) is 79.9 Å². The molecule has 4 aromatic rings. The summed E-state index contributed by atoms with van der Waals surface area (Å²) in [6.45, 7) is 6.79. The number of piperazine rings is 1. The molecule has 1 aliphatic rings. The molecule has 1 aliphatic heterocycles. The summed E-state index contributed by atoms with van der Waals surface area (Å²) in [7, 11) is 0. The highest BCUT2D eigenvalue weighted by atomic mass is 16.1. The molecule has 0 bridgehead atoms. The van der Waals surface area contributed by atoms with E-state index in [-0.39, 0.29) is 5.91 Å². The van der Waals surface area contributed by atoms with Gasteiger partial charge in [-0.2, -0.15) is 0 Å². The number of amides is 1. The third kappa shape index (κ3) is 7.13. The van der Waals surface area contributed by atoms with Gasteiger partial charge >= 0.3 is 0 Å². The minimum atomic E-state index is -0.155. The lowest BCUT2D eigenvalue weighted by Crippen LogP contribution is -2.45. The Morgan fingerprint density at radius 3 is 2.51 bits per heavy atom. The number of aromatic nitrogens is 3. The Kier molecular flexibility index (Phi) is 9.64. The van der Waals surface area contributed by atoms with Crippen LogP contribution in [0, 0.1) is 6.92 Å². The molecule has 1 amide bonds. The molecule has 41 heavy (non-hydrogen) atoms. The molecule has 1 saturated heterocycles. The van der Waals surface area contributed by atoms with Gasteiger partial charge in [0.1, 0.15) is 0 Å². The van der Waals surface area contributed by atoms with Crippen LogP contribution in [0.15, 0.2) is 85.5 Å². The van der Waals surface area contributed by atoms with Crippen molar-refractivity contribution >= 4 is 28.9 Å². The van der Waals surface area contributed by atoms with Crippen molar-refractivity contribution in [3.63, 3.8) is 0 Å². The number of hydrogen-bond donors (Lipinski definition) is 3. The van der Waals surface area contributed by atoms with Crippen molar-refractivity contribution in [3.8, 4) is 0 Å². The van der Waals surface area contributed by atoms with Gasteiger partial charge in [0.2, 0.25) is 5.95 Å². The fourth-order valence-corrected chi connectivity index (χ4v) is 5.28. The van der Waals surface area contributed by atoms with E-state index < -0.39 is 0 Å².